The Balaban J connectivity index is 2.11. The molecule has 0 bridgehead atoms. The number of benzene rings is 3. The average molecular weight is 285 g/mol. The molecule has 0 atom stereocenters. The first-order valence-electron chi connectivity index (χ1n) is 6.47. The lowest BCUT2D eigenvalue weighted by Gasteiger charge is -2.13. The molecule has 0 amide bonds. The Bertz CT molecular complexity index is 782. The summed E-state index contributed by atoms with van der Waals surface area (Å²) in [6.45, 7) is 0. The standard InChI is InChI=1S/C17H13F2NO/c1-21-16-10-12-6-3-2-5-11(12)9-15(16)20-17-13(18)7-4-8-14(17)19/h2-10,20H,1H3. The van der Waals surface area contributed by atoms with Crippen molar-refractivity contribution >= 4 is 22.1 Å². The zero-order valence-corrected chi connectivity index (χ0v) is 11.4. The van der Waals surface area contributed by atoms with Crippen molar-refractivity contribution in [3.05, 3.63) is 66.2 Å². The molecule has 3 aromatic carbocycles. The van der Waals surface area contributed by atoms with E-state index in [2.05, 4.69) is 5.32 Å². The number of hydrogen-bond donors (Lipinski definition) is 1. The molecule has 0 saturated carbocycles. The van der Waals surface area contributed by atoms with E-state index in [1.165, 1.54) is 25.3 Å². The Morgan fingerprint density at radius 3 is 2.10 bits per heavy atom. The largest absolute Gasteiger partial charge is 0.495 e. The maximum absolute atomic E-state index is 13.7. The Labute approximate surface area is 121 Å². The molecule has 4 heteroatoms. The van der Waals surface area contributed by atoms with Crippen molar-refractivity contribution in [1.82, 2.24) is 0 Å². The van der Waals surface area contributed by atoms with Gasteiger partial charge in [0.2, 0.25) is 0 Å². The summed E-state index contributed by atoms with van der Waals surface area (Å²) in [5.41, 5.74) is 0.325. The van der Waals surface area contributed by atoms with Gasteiger partial charge in [-0.25, -0.2) is 8.78 Å². The van der Waals surface area contributed by atoms with Crippen molar-refractivity contribution in [3.8, 4) is 5.75 Å². The quantitative estimate of drug-likeness (QED) is 0.741. The van der Waals surface area contributed by atoms with Crippen LogP contribution in [0.5, 0.6) is 5.75 Å². The van der Waals surface area contributed by atoms with Crippen molar-refractivity contribution in [3.63, 3.8) is 0 Å². The van der Waals surface area contributed by atoms with E-state index in [9.17, 15) is 8.78 Å². The molecule has 0 radical (unpaired) electrons. The van der Waals surface area contributed by atoms with E-state index in [1.807, 2.05) is 30.3 Å². The predicted octanol–water partition coefficient (Wildman–Crippen LogP) is 4.87. The van der Waals surface area contributed by atoms with E-state index >= 15 is 0 Å². The summed E-state index contributed by atoms with van der Waals surface area (Å²) in [5, 5.41) is 4.73. The monoisotopic (exact) mass is 285 g/mol. The highest BCUT2D eigenvalue weighted by atomic mass is 19.1. The van der Waals surface area contributed by atoms with Gasteiger partial charge in [-0.3, -0.25) is 0 Å². The molecule has 0 unspecified atom stereocenters. The summed E-state index contributed by atoms with van der Waals surface area (Å²) in [6.07, 6.45) is 0. The van der Waals surface area contributed by atoms with E-state index < -0.39 is 11.6 Å². The molecule has 1 N–H and O–H groups in total. The summed E-state index contributed by atoms with van der Waals surface area (Å²) in [6, 6.07) is 15.1. The summed E-state index contributed by atoms with van der Waals surface area (Å²) < 4.78 is 32.8. The molecule has 0 spiro atoms. The van der Waals surface area contributed by atoms with Gasteiger partial charge in [0.1, 0.15) is 23.1 Å². The minimum Gasteiger partial charge on any atom is -0.495 e. The van der Waals surface area contributed by atoms with Gasteiger partial charge in [-0.1, -0.05) is 30.3 Å². The topological polar surface area (TPSA) is 21.3 Å². The van der Waals surface area contributed by atoms with Crippen molar-refractivity contribution in [2.24, 2.45) is 0 Å². The number of rotatable bonds is 3. The molecule has 0 saturated heterocycles. The van der Waals surface area contributed by atoms with Gasteiger partial charge in [0, 0.05) is 0 Å². The summed E-state index contributed by atoms with van der Waals surface area (Å²) in [7, 11) is 1.52. The van der Waals surface area contributed by atoms with Gasteiger partial charge in [-0.2, -0.15) is 0 Å². The zero-order valence-electron chi connectivity index (χ0n) is 11.4. The SMILES string of the molecule is COc1cc2ccccc2cc1Nc1c(F)cccc1F. The molecule has 21 heavy (non-hydrogen) atoms. The zero-order chi connectivity index (χ0) is 14.8. The third-order valence-corrected chi connectivity index (χ3v) is 3.29. The van der Waals surface area contributed by atoms with Crippen LogP contribution in [0.25, 0.3) is 10.8 Å². The van der Waals surface area contributed by atoms with Crippen molar-refractivity contribution in [1.29, 1.82) is 0 Å². The molecule has 0 aliphatic heterocycles. The first-order valence-corrected chi connectivity index (χ1v) is 6.47. The van der Waals surface area contributed by atoms with Crippen LogP contribution in [0.2, 0.25) is 0 Å². The Morgan fingerprint density at radius 1 is 0.857 bits per heavy atom. The molecule has 0 aromatic heterocycles. The van der Waals surface area contributed by atoms with Crippen molar-refractivity contribution < 1.29 is 13.5 Å². The number of nitrogens with one attached hydrogen (secondary N) is 1. The summed E-state index contributed by atoms with van der Waals surface area (Å²) in [5.74, 6) is -0.772. The lowest BCUT2D eigenvalue weighted by molar-refractivity contribution is 0.417. The number of methoxy groups -OCH3 is 1. The molecular weight excluding hydrogens is 272 g/mol. The Morgan fingerprint density at radius 2 is 1.48 bits per heavy atom. The predicted molar refractivity (Wildman–Crippen MR) is 80.1 cm³/mol. The molecule has 0 heterocycles. The minimum absolute atomic E-state index is 0.189. The van der Waals surface area contributed by atoms with Gasteiger partial charge in [0.25, 0.3) is 0 Å². The van der Waals surface area contributed by atoms with Gasteiger partial charge in [-0.05, 0) is 35.0 Å². The number of anilines is 2. The van der Waals surface area contributed by atoms with Crippen LogP contribution in [0.1, 0.15) is 0 Å². The minimum atomic E-state index is -0.648. The highest BCUT2D eigenvalue weighted by Crippen LogP contribution is 2.33. The molecule has 3 rings (SSSR count). The average Bonchev–Trinajstić information content (AvgIpc) is 2.50. The molecule has 106 valence electrons. The second-order valence-corrected chi connectivity index (χ2v) is 4.62. The van der Waals surface area contributed by atoms with Gasteiger partial charge < -0.3 is 10.1 Å². The maximum atomic E-state index is 13.7. The van der Waals surface area contributed by atoms with Crippen LogP contribution in [0, 0.1) is 11.6 Å². The van der Waals surface area contributed by atoms with Crippen molar-refractivity contribution in [2.45, 2.75) is 0 Å². The van der Waals surface area contributed by atoms with E-state index in [-0.39, 0.29) is 5.69 Å². The lowest BCUT2D eigenvalue weighted by atomic mass is 10.1. The second kappa shape index (κ2) is 5.40. The third kappa shape index (κ3) is 2.52. The fourth-order valence-corrected chi connectivity index (χ4v) is 2.24. The van der Waals surface area contributed by atoms with Gasteiger partial charge in [0.15, 0.2) is 0 Å². The smallest absolute Gasteiger partial charge is 0.149 e. The first kappa shape index (κ1) is 13.4. The first-order chi connectivity index (χ1) is 10.2. The van der Waals surface area contributed by atoms with E-state index in [1.54, 1.807) is 6.07 Å². The van der Waals surface area contributed by atoms with E-state index in [0.717, 1.165) is 10.8 Å². The fraction of sp³-hybridized carbons (Fsp3) is 0.0588. The van der Waals surface area contributed by atoms with Crippen LogP contribution in [-0.2, 0) is 0 Å². The third-order valence-electron chi connectivity index (χ3n) is 3.29. The van der Waals surface area contributed by atoms with E-state index in [4.69, 9.17) is 4.74 Å². The Hall–Kier alpha value is -2.62. The number of fused-ring (bicyclic) bond motifs is 1. The highest BCUT2D eigenvalue weighted by molar-refractivity contribution is 5.89. The van der Waals surface area contributed by atoms with Crippen LogP contribution in [0.15, 0.2) is 54.6 Å². The number of para-hydroxylation sites is 1. The molecule has 0 fully saturated rings. The number of ether oxygens (including phenoxy) is 1. The molecule has 0 aliphatic carbocycles. The Kier molecular flexibility index (Phi) is 3.44. The van der Waals surface area contributed by atoms with Crippen molar-refractivity contribution in [2.75, 3.05) is 12.4 Å². The van der Waals surface area contributed by atoms with Crippen LogP contribution >= 0.6 is 0 Å². The van der Waals surface area contributed by atoms with Crippen LogP contribution in [0.4, 0.5) is 20.2 Å². The fourth-order valence-electron chi connectivity index (χ4n) is 2.24. The number of halogens is 2. The van der Waals surface area contributed by atoms with Gasteiger partial charge in [0.05, 0.1) is 12.8 Å². The van der Waals surface area contributed by atoms with Crippen LogP contribution in [0.3, 0.4) is 0 Å². The van der Waals surface area contributed by atoms with Gasteiger partial charge >= 0.3 is 0 Å². The normalized spacial score (nSPS) is 10.6. The summed E-state index contributed by atoms with van der Waals surface area (Å²) in [4.78, 5) is 0. The molecule has 2 nitrogen and oxygen atoms in total. The highest BCUT2D eigenvalue weighted by Gasteiger charge is 2.12. The van der Waals surface area contributed by atoms with Crippen LogP contribution < -0.4 is 10.1 Å². The van der Waals surface area contributed by atoms with Gasteiger partial charge in [-0.15, -0.1) is 0 Å². The number of hydrogen-bond acceptors (Lipinski definition) is 2. The molecular formula is C17H13F2NO. The lowest BCUT2D eigenvalue weighted by Crippen LogP contribution is -1.99. The maximum Gasteiger partial charge on any atom is 0.149 e. The van der Waals surface area contributed by atoms with Crippen LogP contribution in [-0.4, -0.2) is 7.11 Å². The van der Waals surface area contributed by atoms with E-state index in [0.29, 0.717) is 11.4 Å². The molecule has 0 aliphatic rings. The summed E-state index contributed by atoms with van der Waals surface area (Å²) >= 11 is 0. The second-order valence-electron chi connectivity index (χ2n) is 4.62. The molecule has 3 aromatic rings.